The quantitative estimate of drug-likeness (QED) is 0.482. The zero-order valence-corrected chi connectivity index (χ0v) is 10.6. The molecule has 0 saturated carbocycles. The van der Waals surface area contributed by atoms with Crippen LogP contribution in [-0.2, 0) is 11.8 Å². The van der Waals surface area contributed by atoms with Gasteiger partial charge in [-0.2, -0.15) is 0 Å². The number of halogens is 2. The number of rotatable bonds is 3. The zero-order valence-electron chi connectivity index (χ0n) is 9.04. The Bertz CT molecular complexity index is 564. The Labute approximate surface area is 110 Å². The van der Waals surface area contributed by atoms with Gasteiger partial charge in [-0.3, -0.25) is 0 Å². The SMILES string of the molecule is ClCc1c(-c2ccccc2)cc2c(c1CCl)O2. The summed E-state index contributed by atoms with van der Waals surface area (Å²) < 4.78 is 5.42. The van der Waals surface area contributed by atoms with Crippen molar-refractivity contribution in [3.8, 4) is 22.6 Å². The Morgan fingerprint density at radius 3 is 2.29 bits per heavy atom. The summed E-state index contributed by atoms with van der Waals surface area (Å²) in [5.41, 5.74) is 4.36. The molecule has 0 spiro atoms. The van der Waals surface area contributed by atoms with Crippen LogP contribution in [0.4, 0.5) is 0 Å². The Kier molecular flexibility index (Phi) is 2.73. The molecule has 0 amide bonds. The molecule has 1 heterocycles. The van der Waals surface area contributed by atoms with E-state index in [0.29, 0.717) is 11.8 Å². The second-order valence-electron chi connectivity index (χ2n) is 3.94. The molecule has 1 aliphatic rings. The summed E-state index contributed by atoms with van der Waals surface area (Å²) in [5.74, 6) is 2.72. The molecular weight excluding hydrogens is 255 g/mol. The number of hydrogen-bond donors (Lipinski definition) is 0. The van der Waals surface area contributed by atoms with Crippen molar-refractivity contribution in [3.05, 3.63) is 47.5 Å². The fourth-order valence-electron chi connectivity index (χ4n) is 2.08. The topological polar surface area (TPSA) is 12.5 Å². The molecule has 0 radical (unpaired) electrons. The van der Waals surface area contributed by atoms with Crippen LogP contribution in [0, 0.1) is 0 Å². The van der Waals surface area contributed by atoms with Gasteiger partial charge < -0.3 is 4.74 Å². The molecule has 0 aromatic heterocycles. The maximum absolute atomic E-state index is 6.05. The van der Waals surface area contributed by atoms with Crippen LogP contribution in [0.3, 0.4) is 0 Å². The first-order chi connectivity index (χ1) is 8.35. The molecule has 0 atom stereocenters. The lowest BCUT2D eigenvalue weighted by atomic mass is 9.97. The van der Waals surface area contributed by atoms with Gasteiger partial charge in [-0.25, -0.2) is 0 Å². The standard InChI is InChI=1S/C14H10Cl2O/c15-7-11-10(9-4-2-1-3-5-9)6-13-14(17-13)12(11)8-16/h1-6H,7-8H2. The molecule has 1 nitrogen and oxygen atoms in total. The largest absolute Gasteiger partial charge is 0.449 e. The zero-order chi connectivity index (χ0) is 11.8. The average molecular weight is 265 g/mol. The van der Waals surface area contributed by atoms with Crippen LogP contribution in [-0.4, -0.2) is 0 Å². The summed E-state index contributed by atoms with van der Waals surface area (Å²) in [5, 5.41) is 0. The number of hydrogen-bond acceptors (Lipinski definition) is 1. The van der Waals surface area contributed by atoms with E-state index in [-0.39, 0.29) is 0 Å². The van der Waals surface area contributed by atoms with Crippen molar-refractivity contribution in [3.63, 3.8) is 0 Å². The van der Waals surface area contributed by atoms with Gasteiger partial charge in [-0.15, -0.1) is 23.2 Å². The first-order valence-corrected chi connectivity index (χ1v) is 6.46. The molecular formula is C14H10Cl2O. The van der Waals surface area contributed by atoms with E-state index < -0.39 is 0 Å². The highest BCUT2D eigenvalue weighted by molar-refractivity contribution is 6.19. The van der Waals surface area contributed by atoms with Crippen LogP contribution in [0.5, 0.6) is 11.5 Å². The fraction of sp³-hybridized carbons (Fsp3) is 0.143. The minimum Gasteiger partial charge on any atom is -0.449 e. The van der Waals surface area contributed by atoms with Gasteiger partial charge in [0.05, 0.1) is 5.88 Å². The third-order valence-corrected chi connectivity index (χ3v) is 3.52. The highest BCUT2D eigenvalue weighted by Crippen LogP contribution is 2.53. The van der Waals surface area contributed by atoms with Crippen LogP contribution < -0.4 is 4.74 Å². The Morgan fingerprint density at radius 2 is 1.65 bits per heavy atom. The van der Waals surface area contributed by atoms with Crippen molar-refractivity contribution in [1.29, 1.82) is 0 Å². The van der Waals surface area contributed by atoms with Crippen molar-refractivity contribution in [2.75, 3.05) is 0 Å². The summed E-state index contributed by atoms with van der Waals surface area (Å²) in [6.45, 7) is 0. The van der Waals surface area contributed by atoms with Gasteiger partial charge >= 0.3 is 0 Å². The summed E-state index contributed by atoms with van der Waals surface area (Å²) in [4.78, 5) is 0. The van der Waals surface area contributed by atoms with Crippen LogP contribution in [0.1, 0.15) is 11.1 Å². The highest BCUT2D eigenvalue weighted by atomic mass is 35.5. The van der Waals surface area contributed by atoms with E-state index in [1.54, 1.807) is 0 Å². The third-order valence-electron chi connectivity index (χ3n) is 2.99. The fourth-order valence-corrected chi connectivity index (χ4v) is 2.66. The molecule has 86 valence electrons. The van der Waals surface area contributed by atoms with E-state index in [2.05, 4.69) is 12.1 Å². The molecule has 2 aromatic rings. The average Bonchev–Trinajstić information content (AvgIpc) is 3.16. The molecule has 1 aliphatic heterocycles. The van der Waals surface area contributed by atoms with Crippen molar-refractivity contribution >= 4 is 23.2 Å². The van der Waals surface area contributed by atoms with Gasteiger partial charge in [0.15, 0.2) is 11.5 Å². The van der Waals surface area contributed by atoms with Gasteiger partial charge in [-0.1, -0.05) is 30.3 Å². The molecule has 0 aliphatic carbocycles. The molecule has 0 fully saturated rings. The minimum absolute atomic E-state index is 0.436. The second kappa shape index (κ2) is 4.25. The monoisotopic (exact) mass is 264 g/mol. The predicted molar refractivity (Wildman–Crippen MR) is 71.1 cm³/mol. The molecule has 3 heteroatoms. The smallest absolute Gasteiger partial charge is 0.174 e. The summed E-state index contributed by atoms with van der Waals surface area (Å²) >= 11 is 12.0. The van der Waals surface area contributed by atoms with E-state index in [4.69, 9.17) is 27.9 Å². The third kappa shape index (κ3) is 1.80. The maximum Gasteiger partial charge on any atom is 0.174 e. The van der Waals surface area contributed by atoms with Crippen LogP contribution in [0.15, 0.2) is 36.4 Å². The first-order valence-electron chi connectivity index (χ1n) is 5.39. The van der Waals surface area contributed by atoms with Gasteiger partial charge in [0.25, 0.3) is 0 Å². The van der Waals surface area contributed by atoms with Crippen molar-refractivity contribution in [2.24, 2.45) is 0 Å². The Morgan fingerprint density at radius 1 is 0.941 bits per heavy atom. The first kappa shape index (κ1) is 10.9. The molecule has 0 bridgehead atoms. The molecule has 0 saturated heterocycles. The summed E-state index contributed by atoms with van der Waals surface area (Å²) in [6, 6.07) is 12.2. The van der Waals surface area contributed by atoms with Gasteiger partial charge in [-0.05, 0) is 22.8 Å². The Hall–Kier alpha value is -1.18. The number of ether oxygens (including phenoxy) is 1. The van der Waals surface area contributed by atoms with Crippen LogP contribution in [0.25, 0.3) is 11.1 Å². The van der Waals surface area contributed by atoms with Gasteiger partial charge in [0, 0.05) is 11.4 Å². The molecule has 0 unspecified atom stereocenters. The lowest BCUT2D eigenvalue weighted by molar-refractivity contribution is 0.646. The number of fused-ring (bicyclic) bond motifs is 1. The lowest BCUT2D eigenvalue weighted by Gasteiger charge is -2.08. The van der Waals surface area contributed by atoms with E-state index in [1.807, 2.05) is 24.3 Å². The van der Waals surface area contributed by atoms with Crippen LogP contribution in [0.2, 0.25) is 0 Å². The van der Waals surface area contributed by atoms with Crippen molar-refractivity contribution < 1.29 is 4.74 Å². The number of alkyl halides is 2. The van der Waals surface area contributed by atoms with E-state index in [0.717, 1.165) is 33.8 Å². The second-order valence-corrected chi connectivity index (χ2v) is 4.48. The predicted octanol–water partition coefficient (Wildman–Crippen LogP) is 4.94. The Balaban J connectivity index is 2.21. The number of benzene rings is 2. The molecule has 2 aromatic carbocycles. The molecule has 17 heavy (non-hydrogen) atoms. The van der Waals surface area contributed by atoms with E-state index >= 15 is 0 Å². The molecule has 3 rings (SSSR count). The highest BCUT2D eigenvalue weighted by Gasteiger charge is 2.29. The van der Waals surface area contributed by atoms with Crippen molar-refractivity contribution in [1.82, 2.24) is 0 Å². The minimum atomic E-state index is 0.436. The maximum atomic E-state index is 6.05. The van der Waals surface area contributed by atoms with E-state index in [1.165, 1.54) is 0 Å². The normalized spacial score (nSPS) is 11.9. The van der Waals surface area contributed by atoms with Gasteiger partial charge in [0.1, 0.15) is 0 Å². The molecule has 0 N–H and O–H groups in total. The van der Waals surface area contributed by atoms with E-state index in [9.17, 15) is 0 Å². The lowest BCUT2D eigenvalue weighted by Crippen LogP contribution is -1.90. The summed E-state index contributed by atoms with van der Waals surface area (Å²) in [6.07, 6.45) is 0. The van der Waals surface area contributed by atoms with Gasteiger partial charge in [0.2, 0.25) is 0 Å². The van der Waals surface area contributed by atoms with Crippen molar-refractivity contribution in [2.45, 2.75) is 11.8 Å². The van der Waals surface area contributed by atoms with Crippen LogP contribution >= 0.6 is 23.2 Å². The summed E-state index contributed by atoms with van der Waals surface area (Å²) in [7, 11) is 0.